The van der Waals surface area contributed by atoms with Crippen molar-refractivity contribution in [1.29, 1.82) is 0 Å². The molecule has 2 aromatic rings. The summed E-state index contributed by atoms with van der Waals surface area (Å²) in [6, 6.07) is 0. The van der Waals surface area contributed by atoms with Crippen LogP contribution in [0.3, 0.4) is 0 Å². The number of hydrogen-bond donors (Lipinski definition) is 0. The van der Waals surface area contributed by atoms with Crippen LogP contribution in [-0.2, 0) is 0 Å². The zero-order chi connectivity index (χ0) is 9.59. The Labute approximate surface area is 97.6 Å². The molecule has 6 heteroatoms. The maximum absolute atomic E-state index is 5.88. The average molecular weight is 329 g/mol. The molecule has 0 amide bonds. The first-order valence-corrected chi connectivity index (χ1v) is 5.20. The molecule has 0 saturated heterocycles. The summed E-state index contributed by atoms with van der Waals surface area (Å²) in [5, 5.41) is 1.16. The van der Waals surface area contributed by atoms with Gasteiger partial charge in [-0.3, -0.25) is 0 Å². The normalized spacial score (nSPS) is 11.1. The molecule has 0 bridgehead atoms. The molecule has 0 spiro atoms. The number of aryl methyl sites for hydroxylation is 1. The van der Waals surface area contributed by atoms with Gasteiger partial charge in [0.15, 0.2) is 3.77 Å². The summed E-state index contributed by atoms with van der Waals surface area (Å²) in [5.41, 5.74) is 1.38. The first-order valence-electron chi connectivity index (χ1n) is 3.37. The molecule has 68 valence electrons. The van der Waals surface area contributed by atoms with E-state index in [4.69, 9.17) is 27.6 Å². The Kier molecular flexibility index (Phi) is 2.37. The van der Waals surface area contributed by atoms with Crippen molar-refractivity contribution in [2.24, 2.45) is 0 Å². The minimum atomic E-state index is 0.0997. The molecule has 0 aliphatic carbocycles. The Morgan fingerprint density at radius 1 is 1.31 bits per heavy atom. The van der Waals surface area contributed by atoms with Crippen LogP contribution in [0.1, 0.15) is 5.56 Å². The molecule has 0 N–H and O–H groups in total. The van der Waals surface area contributed by atoms with Crippen LogP contribution in [0.4, 0.5) is 0 Å². The quantitative estimate of drug-likeness (QED) is 0.422. The highest BCUT2D eigenvalue weighted by Crippen LogP contribution is 2.30. The van der Waals surface area contributed by atoms with E-state index in [1.54, 1.807) is 0 Å². The Hall–Kier alpha value is -0.0700. The molecule has 0 aliphatic heterocycles. The third-order valence-corrected chi connectivity index (χ3v) is 3.13. The van der Waals surface area contributed by atoms with E-state index in [-0.39, 0.29) is 5.28 Å². The van der Waals surface area contributed by atoms with Crippen molar-refractivity contribution in [2.45, 2.75) is 6.92 Å². The van der Waals surface area contributed by atoms with Gasteiger partial charge in [-0.15, -0.1) is 0 Å². The molecule has 0 saturated carbocycles. The van der Waals surface area contributed by atoms with Crippen molar-refractivity contribution in [3.63, 3.8) is 0 Å². The fourth-order valence-electron chi connectivity index (χ4n) is 1.04. The van der Waals surface area contributed by atoms with Crippen molar-refractivity contribution in [3.05, 3.63) is 19.8 Å². The molecule has 2 aromatic heterocycles. The summed E-state index contributed by atoms with van der Waals surface area (Å²) in [6.45, 7) is 1.90. The molecule has 0 unspecified atom stereocenters. The number of fused-ring (bicyclic) bond motifs is 1. The van der Waals surface area contributed by atoms with E-state index >= 15 is 0 Å². The maximum atomic E-state index is 5.88. The van der Waals surface area contributed by atoms with Gasteiger partial charge in [0.1, 0.15) is 5.15 Å². The van der Waals surface area contributed by atoms with Gasteiger partial charge in [0, 0.05) is 5.56 Å². The molecule has 2 rings (SSSR count). The monoisotopic (exact) mass is 328 g/mol. The number of furan rings is 1. The van der Waals surface area contributed by atoms with Crippen LogP contribution in [0, 0.1) is 10.7 Å². The second-order valence-electron chi connectivity index (χ2n) is 2.46. The first-order chi connectivity index (χ1) is 6.09. The van der Waals surface area contributed by atoms with Crippen LogP contribution < -0.4 is 0 Å². The molecule has 0 radical (unpaired) electrons. The molecule has 0 aliphatic rings. The van der Waals surface area contributed by atoms with Gasteiger partial charge in [0.2, 0.25) is 11.0 Å². The lowest BCUT2D eigenvalue weighted by Gasteiger charge is -1.92. The lowest BCUT2D eigenvalue weighted by Crippen LogP contribution is -1.83. The van der Waals surface area contributed by atoms with Crippen LogP contribution in [0.5, 0.6) is 0 Å². The Morgan fingerprint density at radius 2 is 2.00 bits per heavy atom. The van der Waals surface area contributed by atoms with Gasteiger partial charge >= 0.3 is 0 Å². The van der Waals surface area contributed by atoms with Gasteiger partial charge in [0.25, 0.3) is 0 Å². The lowest BCUT2D eigenvalue weighted by molar-refractivity contribution is 0.569. The van der Waals surface area contributed by atoms with E-state index < -0.39 is 0 Å². The third-order valence-electron chi connectivity index (χ3n) is 1.66. The summed E-state index contributed by atoms with van der Waals surface area (Å²) >= 11 is 13.6. The summed E-state index contributed by atoms with van der Waals surface area (Å²) in [5.74, 6) is 0. The van der Waals surface area contributed by atoms with Gasteiger partial charge < -0.3 is 4.42 Å². The smallest absolute Gasteiger partial charge is 0.233 e. The number of halogens is 3. The van der Waals surface area contributed by atoms with E-state index in [9.17, 15) is 0 Å². The fourth-order valence-corrected chi connectivity index (χ4v) is 2.02. The van der Waals surface area contributed by atoms with Crippen LogP contribution in [-0.4, -0.2) is 9.97 Å². The Bertz CT molecular complexity index is 483. The van der Waals surface area contributed by atoms with E-state index in [0.29, 0.717) is 10.9 Å². The summed E-state index contributed by atoms with van der Waals surface area (Å²) in [7, 11) is 0. The molecular weight excluding hydrogens is 326 g/mol. The second-order valence-corrected chi connectivity index (χ2v) is 4.14. The fraction of sp³-hybridized carbons (Fsp3) is 0.143. The van der Waals surface area contributed by atoms with Crippen molar-refractivity contribution < 1.29 is 4.42 Å². The molecule has 3 nitrogen and oxygen atoms in total. The predicted octanol–water partition coefficient (Wildman–Crippen LogP) is 3.44. The molecular formula is C7H3Cl2IN2O. The van der Waals surface area contributed by atoms with E-state index in [1.165, 1.54) is 0 Å². The van der Waals surface area contributed by atoms with Gasteiger partial charge in [-0.05, 0) is 41.1 Å². The minimum absolute atomic E-state index is 0.0997. The molecule has 13 heavy (non-hydrogen) atoms. The predicted molar refractivity (Wildman–Crippen MR) is 59.3 cm³/mol. The second kappa shape index (κ2) is 3.25. The number of rotatable bonds is 0. The zero-order valence-electron chi connectivity index (χ0n) is 6.44. The van der Waals surface area contributed by atoms with Crippen molar-refractivity contribution in [2.75, 3.05) is 0 Å². The summed E-state index contributed by atoms with van der Waals surface area (Å²) in [6.07, 6.45) is 0. The molecule has 0 atom stereocenters. The minimum Gasteiger partial charge on any atom is -0.432 e. The van der Waals surface area contributed by atoms with Crippen LogP contribution >= 0.6 is 45.8 Å². The third kappa shape index (κ3) is 1.51. The lowest BCUT2D eigenvalue weighted by atomic mass is 10.3. The van der Waals surface area contributed by atoms with E-state index in [1.807, 2.05) is 6.92 Å². The molecule has 2 heterocycles. The van der Waals surface area contributed by atoms with Crippen molar-refractivity contribution in [3.8, 4) is 0 Å². The van der Waals surface area contributed by atoms with Gasteiger partial charge in [-0.1, -0.05) is 11.6 Å². The highest BCUT2D eigenvalue weighted by atomic mass is 127. The SMILES string of the molecule is Cc1c(I)oc2nc(Cl)nc(Cl)c12. The summed E-state index contributed by atoms with van der Waals surface area (Å²) in [4.78, 5) is 7.75. The van der Waals surface area contributed by atoms with Crippen LogP contribution in [0.15, 0.2) is 4.42 Å². The van der Waals surface area contributed by atoms with Gasteiger partial charge in [-0.25, -0.2) is 4.98 Å². The number of nitrogens with zero attached hydrogens (tertiary/aromatic N) is 2. The largest absolute Gasteiger partial charge is 0.432 e. The number of aromatic nitrogens is 2. The van der Waals surface area contributed by atoms with Crippen LogP contribution in [0.25, 0.3) is 11.1 Å². The van der Waals surface area contributed by atoms with Crippen molar-refractivity contribution in [1.82, 2.24) is 9.97 Å². The van der Waals surface area contributed by atoms with Gasteiger partial charge in [-0.2, -0.15) is 4.98 Å². The highest BCUT2D eigenvalue weighted by molar-refractivity contribution is 14.1. The standard InChI is InChI=1S/C7H3Cl2IN2O/c1-2-3-4(8)11-7(9)12-6(3)13-5(2)10/h1H3. The molecule has 0 aromatic carbocycles. The Balaban J connectivity index is 2.94. The average Bonchev–Trinajstić information content (AvgIpc) is 2.27. The Morgan fingerprint density at radius 3 is 2.69 bits per heavy atom. The number of hydrogen-bond acceptors (Lipinski definition) is 3. The van der Waals surface area contributed by atoms with Crippen LogP contribution in [0.2, 0.25) is 10.4 Å². The molecule has 0 fully saturated rings. The highest BCUT2D eigenvalue weighted by Gasteiger charge is 2.14. The summed E-state index contributed by atoms with van der Waals surface area (Å²) < 4.78 is 6.08. The zero-order valence-corrected chi connectivity index (χ0v) is 10.1. The van der Waals surface area contributed by atoms with E-state index in [0.717, 1.165) is 14.7 Å². The van der Waals surface area contributed by atoms with Crippen molar-refractivity contribution >= 4 is 56.9 Å². The van der Waals surface area contributed by atoms with Gasteiger partial charge in [0.05, 0.1) is 5.39 Å². The first kappa shape index (κ1) is 9.48. The topological polar surface area (TPSA) is 38.9 Å². The maximum Gasteiger partial charge on any atom is 0.233 e. The van der Waals surface area contributed by atoms with E-state index in [2.05, 4.69) is 32.6 Å².